The zero-order valence-electron chi connectivity index (χ0n) is 13.4. The van der Waals surface area contributed by atoms with Crippen molar-refractivity contribution >= 4 is 16.8 Å². The third-order valence-corrected chi connectivity index (χ3v) is 4.79. The number of carbonyl (C=O) groups excluding carboxylic acids is 1. The van der Waals surface area contributed by atoms with E-state index in [1.54, 1.807) is 6.92 Å². The maximum atomic E-state index is 13.7. The fourth-order valence-electron chi connectivity index (χ4n) is 3.36. The van der Waals surface area contributed by atoms with Crippen LogP contribution in [0.2, 0.25) is 0 Å². The van der Waals surface area contributed by atoms with Crippen LogP contribution < -0.4 is 5.43 Å². The van der Waals surface area contributed by atoms with Crippen LogP contribution in [0.4, 0.5) is 4.39 Å². The highest BCUT2D eigenvalue weighted by atomic mass is 19.1. The van der Waals surface area contributed by atoms with Crippen LogP contribution in [0.25, 0.3) is 11.0 Å². The summed E-state index contributed by atoms with van der Waals surface area (Å²) in [5.74, 6) is 0.0320. The Morgan fingerprint density at radius 1 is 1.22 bits per heavy atom. The monoisotopic (exact) mass is 316 g/mol. The van der Waals surface area contributed by atoms with Crippen molar-refractivity contribution in [2.45, 2.75) is 51.9 Å². The van der Waals surface area contributed by atoms with Gasteiger partial charge in [-0.05, 0) is 30.9 Å². The summed E-state index contributed by atoms with van der Waals surface area (Å²) in [6.45, 7) is 1.59. The topological polar surface area (TPSA) is 47.3 Å². The number of rotatable bonds is 4. The van der Waals surface area contributed by atoms with Gasteiger partial charge in [-0.25, -0.2) is 4.39 Å². The first-order valence-corrected chi connectivity index (χ1v) is 8.32. The molecular formula is C19H21FO3. The van der Waals surface area contributed by atoms with E-state index in [1.165, 1.54) is 50.3 Å². The van der Waals surface area contributed by atoms with Gasteiger partial charge in [-0.15, -0.1) is 0 Å². The van der Waals surface area contributed by atoms with E-state index < -0.39 is 5.82 Å². The standard InChI is InChI=1S/C19H21FO3/c1-12-9-14-17(22)11-19(23-18(14)10-15(12)20)16(21)8-7-13-5-3-2-4-6-13/h9-11,13H,2-8H2,1H3. The maximum absolute atomic E-state index is 13.7. The largest absolute Gasteiger partial charge is 0.453 e. The summed E-state index contributed by atoms with van der Waals surface area (Å²) in [4.78, 5) is 24.4. The minimum Gasteiger partial charge on any atom is -0.453 e. The van der Waals surface area contributed by atoms with Crippen LogP contribution in [0, 0.1) is 18.7 Å². The van der Waals surface area contributed by atoms with E-state index in [9.17, 15) is 14.0 Å². The SMILES string of the molecule is Cc1cc2c(=O)cc(C(=O)CCC3CCCCC3)oc2cc1F. The third-order valence-electron chi connectivity index (χ3n) is 4.79. The van der Waals surface area contributed by atoms with Gasteiger partial charge in [0.1, 0.15) is 11.4 Å². The molecule has 1 aromatic heterocycles. The number of hydrogen-bond donors (Lipinski definition) is 0. The van der Waals surface area contributed by atoms with E-state index >= 15 is 0 Å². The van der Waals surface area contributed by atoms with Crippen molar-refractivity contribution in [2.24, 2.45) is 5.92 Å². The molecule has 0 aliphatic heterocycles. The first kappa shape index (κ1) is 15.9. The van der Waals surface area contributed by atoms with Gasteiger partial charge in [0.15, 0.2) is 17.0 Å². The molecule has 0 spiro atoms. The maximum Gasteiger partial charge on any atom is 0.198 e. The van der Waals surface area contributed by atoms with E-state index in [4.69, 9.17) is 4.42 Å². The number of Topliss-reactive ketones (excluding diaryl/α,β-unsaturated/α-hetero) is 1. The van der Waals surface area contributed by atoms with E-state index in [0.29, 0.717) is 23.3 Å². The molecule has 0 bridgehead atoms. The van der Waals surface area contributed by atoms with E-state index in [0.717, 1.165) is 6.42 Å². The summed E-state index contributed by atoms with van der Waals surface area (Å²) < 4.78 is 19.1. The molecule has 1 heterocycles. The minimum absolute atomic E-state index is 0.0431. The van der Waals surface area contributed by atoms with Gasteiger partial charge >= 0.3 is 0 Å². The average molecular weight is 316 g/mol. The van der Waals surface area contributed by atoms with Gasteiger partial charge in [0.2, 0.25) is 0 Å². The van der Waals surface area contributed by atoms with Crippen LogP contribution >= 0.6 is 0 Å². The predicted octanol–water partition coefficient (Wildman–Crippen LogP) is 4.78. The van der Waals surface area contributed by atoms with E-state index in [1.807, 2.05) is 0 Å². The number of hydrogen-bond acceptors (Lipinski definition) is 3. The molecule has 1 fully saturated rings. The molecule has 0 N–H and O–H groups in total. The van der Waals surface area contributed by atoms with Gasteiger partial charge in [-0.1, -0.05) is 32.1 Å². The van der Waals surface area contributed by atoms with Crippen LogP contribution in [0.3, 0.4) is 0 Å². The van der Waals surface area contributed by atoms with Crippen LogP contribution in [-0.4, -0.2) is 5.78 Å². The molecule has 0 unspecified atom stereocenters. The third kappa shape index (κ3) is 3.52. The molecule has 4 heteroatoms. The fraction of sp³-hybridized carbons (Fsp3) is 0.474. The van der Waals surface area contributed by atoms with E-state index in [2.05, 4.69) is 0 Å². The molecule has 3 nitrogen and oxygen atoms in total. The molecule has 2 aromatic rings. The minimum atomic E-state index is -0.438. The van der Waals surface area contributed by atoms with Gasteiger partial charge in [-0.3, -0.25) is 9.59 Å². The summed E-state index contributed by atoms with van der Waals surface area (Å²) in [6, 6.07) is 3.89. The number of ketones is 1. The Labute approximate surface area is 134 Å². The Hall–Kier alpha value is -1.97. The summed E-state index contributed by atoms with van der Waals surface area (Å²) in [5, 5.41) is 0.313. The normalized spacial score (nSPS) is 15.9. The molecule has 122 valence electrons. The van der Waals surface area contributed by atoms with Gasteiger partial charge < -0.3 is 4.42 Å². The Bertz CT molecular complexity index is 785. The van der Waals surface area contributed by atoms with Crippen molar-refractivity contribution in [1.29, 1.82) is 0 Å². The van der Waals surface area contributed by atoms with Crippen molar-refractivity contribution in [2.75, 3.05) is 0 Å². The van der Waals surface area contributed by atoms with Crippen molar-refractivity contribution in [1.82, 2.24) is 0 Å². The fourth-order valence-corrected chi connectivity index (χ4v) is 3.36. The molecule has 1 aliphatic rings. The lowest BCUT2D eigenvalue weighted by Gasteiger charge is -2.20. The lowest BCUT2D eigenvalue weighted by molar-refractivity contribution is 0.0943. The molecule has 3 rings (SSSR count). The van der Waals surface area contributed by atoms with Gasteiger partial charge in [0.05, 0.1) is 5.39 Å². The van der Waals surface area contributed by atoms with Crippen molar-refractivity contribution in [3.05, 3.63) is 45.6 Å². The second-order valence-electron chi connectivity index (χ2n) is 6.54. The molecule has 23 heavy (non-hydrogen) atoms. The second-order valence-corrected chi connectivity index (χ2v) is 6.54. The lowest BCUT2D eigenvalue weighted by Crippen LogP contribution is -2.11. The highest BCUT2D eigenvalue weighted by Gasteiger charge is 2.18. The zero-order valence-corrected chi connectivity index (χ0v) is 13.4. The number of halogens is 1. The van der Waals surface area contributed by atoms with Crippen molar-refractivity contribution in [3.63, 3.8) is 0 Å². The number of carbonyl (C=O) groups is 1. The zero-order chi connectivity index (χ0) is 16.4. The first-order chi connectivity index (χ1) is 11.0. The Balaban J connectivity index is 1.80. The second kappa shape index (κ2) is 6.65. The van der Waals surface area contributed by atoms with E-state index in [-0.39, 0.29) is 22.6 Å². The molecule has 1 aliphatic carbocycles. The quantitative estimate of drug-likeness (QED) is 0.762. The van der Waals surface area contributed by atoms with Crippen molar-refractivity contribution < 1.29 is 13.6 Å². The Morgan fingerprint density at radius 3 is 2.70 bits per heavy atom. The van der Waals surface area contributed by atoms with Crippen LogP contribution in [0.5, 0.6) is 0 Å². The smallest absolute Gasteiger partial charge is 0.198 e. The highest BCUT2D eigenvalue weighted by molar-refractivity contribution is 5.94. The average Bonchev–Trinajstić information content (AvgIpc) is 2.55. The van der Waals surface area contributed by atoms with Crippen molar-refractivity contribution in [3.8, 4) is 0 Å². The van der Waals surface area contributed by atoms with Gasteiger partial charge in [0, 0.05) is 18.6 Å². The lowest BCUT2D eigenvalue weighted by atomic mass is 9.85. The number of aryl methyl sites for hydroxylation is 1. The molecule has 1 saturated carbocycles. The van der Waals surface area contributed by atoms with Crippen LogP contribution in [0.15, 0.2) is 27.4 Å². The molecular weight excluding hydrogens is 295 g/mol. The Morgan fingerprint density at radius 2 is 1.96 bits per heavy atom. The Kier molecular flexibility index (Phi) is 4.60. The molecule has 0 atom stereocenters. The summed E-state index contributed by atoms with van der Waals surface area (Å²) in [7, 11) is 0. The highest BCUT2D eigenvalue weighted by Crippen LogP contribution is 2.28. The molecule has 1 aromatic carbocycles. The predicted molar refractivity (Wildman–Crippen MR) is 87.3 cm³/mol. The first-order valence-electron chi connectivity index (χ1n) is 8.32. The summed E-state index contributed by atoms with van der Waals surface area (Å²) in [5.41, 5.74) is 0.234. The summed E-state index contributed by atoms with van der Waals surface area (Å²) in [6.07, 6.45) is 7.34. The van der Waals surface area contributed by atoms with Gasteiger partial charge in [-0.2, -0.15) is 0 Å². The number of benzene rings is 1. The molecule has 0 radical (unpaired) electrons. The van der Waals surface area contributed by atoms with Gasteiger partial charge in [0.25, 0.3) is 0 Å². The van der Waals surface area contributed by atoms with Crippen LogP contribution in [0.1, 0.15) is 61.1 Å². The molecule has 0 saturated heterocycles. The van der Waals surface area contributed by atoms with Crippen LogP contribution in [-0.2, 0) is 0 Å². The molecule has 0 amide bonds. The summed E-state index contributed by atoms with van der Waals surface area (Å²) >= 11 is 0. The number of fused-ring (bicyclic) bond motifs is 1.